The number of morpholine rings is 1. The largest absolute Gasteiger partial charge is 0.370 e. The second kappa shape index (κ2) is 6.07. The lowest BCUT2D eigenvalue weighted by Gasteiger charge is -2.38. The summed E-state index contributed by atoms with van der Waals surface area (Å²) in [6.45, 7) is 5.80. The van der Waals surface area contributed by atoms with E-state index in [4.69, 9.17) is 9.26 Å². The summed E-state index contributed by atoms with van der Waals surface area (Å²) in [5, 5.41) is 3.77. The van der Waals surface area contributed by atoms with Crippen LogP contribution < -0.4 is 0 Å². The Morgan fingerprint density at radius 2 is 1.91 bits per heavy atom. The van der Waals surface area contributed by atoms with Crippen molar-refractivity contribution in [3.63, 3.8) is 0 Å². The summed E-state index contributed by atoms with van der Waals surface area (Å²) >= 11 is 0. The van der Waals surface area contributed by atoms with Crippen molar-refractivity contribution in [2.45, 2.75) is 37.8 Å². The van der Waals surface area contributed by atoms with E-state index in [1.807, 2.05) is 37.3 Å². The van der Waals surface area contributed by atoms with Gasteiger partial charge in [-0.1, -0.05) is 35.5 Å². The van der Waals surface area contributed by atoms with Gasteiger partial charge >= 0.3 is 0 Å². The van der Waals surface area contributed by atoms with Crippen LogP contribution in [0.15, 0.2) is 39.8 Å². The molecule has 1 aromatic carbocycles. The standard InChI is InChI=1S/C16H20N2O4S/c1-11-16(13(3)22-17-11)23(19,20)18-9-10-21-15(12(18)2)14-7-5-4-6-8-14/h4-8,12,15H,9-10H2,1-3H3. The van der Waals surface area contributed by atoms with Gasteiger partial charge in [-0.15, -0.1) is 0 Å². The Morgan fingerprint density at radius 3 is 2.52 bits per heavy atom. The second-order valence-electron chi connectivity index (χ2n) is 5.71. The molecular weight excluding hydrogens is 316 g/mol. The number of benzene rings is 1. The fraction of sp³-hybridized carbons (Fsp3) is 0.438. The molecule has 0 amide bonds. The number of nitrogens with zero attached hydrogens (tertiary/aromatic N) is 2. The number of rotatable bonds is 3. The average Bonchev–Trinajstić information content (AvgIpc) is 2.87. The van der Waals surface area contributed by atoms with E-state index in [0.29, 0.717) is 24.6 Å². The molecule has 3 rings (SSSR count). The van der Waals surface area contributed by atoms with Gasteiger partial charge in [0.15, 0.2) is 5.76 Å². The molecule has 0 bridgehead atoms. The summed E-state index contributed by atoms with van der Waals surface area (Å²) in [6.07, 6.45) is -0.291. The molecule has 0 aliphatic carbocycles. The van der Waals surface area contributed by atoms with Crippen LogP contribution in [0.5, 0.6) is 0 Å². The van der Waals surface area contributed by atoms with Crippen LogP contribution in [0.1, 0.15) is 30.0 Å². The maximum absolute atomic E-state index is 13.0. The van der Waals surface area contributed by atoms with Crippen molar-refractivity contribution in [3.8, 4) is 0 Å². The van der Waals surface area contributed by atoms with E-state index < -0.39 is 10.0 Å². The Hall–Kier alpha value is -1.70. The number of hydrogen-bond acceptors (Lipinski definition) is 5. The molecule has 1 saturated heterocycles. The molecule has 1 fully saturated rings. The van der Waals surface area contributed by atoms with Crippen LogP contribution in [0.2, 0.25) is 0 Å². The Morgan fingerprint density at radius 1 is 1.22 bits per heavy atom. The summed E-state index contributed by atoms with van der Waals surface area (Å²) in [4.78, 5) is 0.165. The minimum atomic E-state index is -3.67. The van der Waals surface area contributed by atoms with E-state index in [0.717, 1.165) is 5.56 Å². The van der Waals surface area contributed by atoms with Crippen LogP contribution >= 0.6 is 0 Å². The first-order valence-corrected chi connectivity index (χ1v) is 8.98. The highest BCUT2D eigenvalue weighted by atomic mass is 32.2. The Labute approximate surface area is 136 Å². The zero-order valence-electron chi connectivity index (χ0n) is 13.4. The third-order valence-corrected chi connectivity index (χ3v) is 6.40. The van der Waals surface area contributed by atoms with Crippen molar-refractivity contribution >= 4 is 10.0 Å². The molecule has 1 aromatic heterocycles. The molecule has 0 N–H and O–H groups in total. The molecule has 124 valence electrons. The van der Waals surface area contributed by atoms with Crippen LogP contribution in [0, 0.1) is 13.8 Å². The monoisotopic (exact) mass is 336 g/mol. The van der Waals surface area contributed by atoms with Crippen molar-refractivity contribution in [2.24, 2.45) is 0 Å². The van der Waals surface area contributed by atoms with Crippen LogP contribution in [0.4, 0.5) is 0 Å². The minimum absolute atomic E-state index is 0.165. The van der Waals surface area contributed by atoms with Gasteiger partial charge in [0.2, 0.25) is 10.0 Å². The first-order valence-electron chi connectivity index (χ1n) is 7.54. The predicted molar refractivity (Wildman–Crippen MR) is 84.5 cm³/mol. The van der Waals surface area contributed by atoms with Gasteiger partial charge in [0, 0.05) is 6.54 Å². The van der Waals surface area contributed by atoms with Gasteiger partial charge in [-0.3, -0.25) is 0 Å². The normalized spacial score (nSPS) is 23.1. The van der Waals surface area contributed by atoms with Crippen LogP contribution in [0.25, 0.3) is 0 Å². The van der Waals surface area contributed by atoms with E-state index in [1.165, 1.54) is 4.31 Å². The highest BCUT2D eigenvalue weighted by Gasteiger charge is 2.40. The summed E-state index contributed by atoms with van der Waals surface area (Å²) < 4.78 is 38.4. The molecule has 0 radical (unpaired) electrons. The van der Waals surface area contributed by atoms with Crippen LogP contribution in [-0.4, -0.2) is 37.1 Å². The third kappa shape index (κ3) is 2.80. The Balaban J connectivity index is 1.97. The van der Waals surface area contributed by atoms with Crippen molar-refractivity contribution in [2.75, 3.05) is 13.2 Å². The fourth-order valence-corrected chi connectivity index (χ4v) is 4.99. The Kier molecular flexibility index (Phi) is 4.27. The Bertz CT molecular complexity index is 766. The fourth-order valence-electron chi connectivity index (χ4n) is 3.08. The molecule has 2 heterocycles. The second-order valence-corrected chi connectivity index (χ2v) is 7.54. The summed E-state index contributed by atoms with van der Waals surface area (Å²) in [5.41, 5.74) is 1.36. The molecule has 2 aromatic rings. The number of sulfonamides is 1. The van der Waals surface area contributed by atoms with Crippen molar-refractivity contribution in [3.05, 3.63) is 47.3 Å². The van der Waals surface area contributed by atoms with Crippen LogP contribution in [0.3, 0.4) is 0 Å². The SMILES string of the molecule is Cc1noc(C)c1S(=O)(=O)N1CCOC(c2ccccc2)C1C. The zero-order chi connectivity index (χ0) is 16.6. The van der Waals surface area contributed by atoms with Crippen molar-refractivity contribution in [1.29, 1.82) is 0 Å². The molecule has 23 heavy (non-hydrogen) atoms. The van der Waals surface area contributed by atoms with Crippen LogP contribution in [-0.2, 0) is 14.8 Å². The van der Waals surface area contributed by atoms with Gasteiger partial charge in [-0.05, 0) is 26.3 Å². The van der Waals surface area contributed by atoms with E-state index in [1.54, 1.807) is 13.8 Å². The molecule has 1 aliphatic rings. The van der Waals surface area contributed by atoms with Gasteiger partial charge in [0.25, 0.3) is 0 Å². The van der Waals surface area contributed by atoms with E-state index in [-0.39, 0.29) is 17.0 Å². The maximum atomic E-state index is 13.0. The van der Waals surface area contributed by atoms with E-state index >= 15 is 0 Å². The van der Waals surface area contributed by atoms with Gasteiger partial charge in [0.05, 0.1) is 18.8 Å². The van der Waals surface area contributed by atoms with E-state index in [2.05, 4.69) is 5.16 Å². The smallest absolute Gasteiger partial charge is 0.248 e. The lowest BCUT2D eigenvalue weighted by Crippen LogP contribution is -2.48. The topological polar surface area (TPSA) is 72.6 Å². The minimum Gasteiger partial charge on any atom is -0.370 e. The maximum Gasteiger partial charge on any atom is 0.248 e. The predicted octanol–water partition coefficient (Wildman–Crippen LogP) is 2.44. The summed E-state index contributed by atoms with van der Waals surface area (Å²) in [5.74, 6) is 0.317. The van der Waals surface area contributed by atoms with Gasteiger partial charge in [0.1, 0.15) is 10.6 Å². The molecule has 2 unspecified atom stereocenters. The highest BCUT2D eigenvalue weighted by molar-refractivity contribution is 7.89. The lowest BCUT2D eigenvalue weighted by atomic mass is 10.0. The lowest BCUT2D eigenvalue weighted by molar-refractivity contribution is -0.0361. The third-order valence-electron chi connectivity index (χ3n) is 4.16. The molecule has 0 spiro atoms. The van der Waals surface area contributed by atoms with Crippen molar-refractivity contribution in [1.82, 2.24) is 9.46 Å². The first kappa shape index (κ1) is 16.2. The summed E-state index contributed by atoms with van der Waals surface area (Å²) in [6, 6.07) is 9.36. The summed E-state index contributed by atoms with van der Waals surface area (Å²) in [7, 11) is -3.67. The number of aromatic nitrogens is 1. The molecule has 1 aliphatic heterocycles. The van der Waals surface area contributed by atoms with Gasteiger partial charge in [-0.25, -0.2) is 8.42 Å². The van der Waals surface area contributed by atoms with Gasteiger partial charge < -0.3 is 9.26 Å². The number of aryl methyl sites for hydroxylation is 2. The molecule has 0 saturated carbocycles. The molecule has 2 atom stereocenters. The molecule has 6 nitrogen and oxygen atoms in total. The van der Waals surface area contributed by atoms with Crippen molar-refractivity contribution < 1.29 is 17.7 Å². The number of ether oxygens (including phenoxy) is 1. The highest BCUT2D eigenvalue weighted by Crippen LogP contribution is 2.33. The average molecular weight is 336 g/mol. The molecule has 7 heteroatoms. The van der Waals surface area contributed by atoms with Gasteiger partial charge in [-0.2, -0.15) is 4.31 Å². The first-order chi connectivity index (χ1) is 10.9. The van der Waals surface area contributed by atoms with E-state index in [9.17, 15) is 8.42 Å². The quantitative estimate of drug-likeness (QED) is 0.861. The zero-order valence-corrected chi connectivity index (χ0v) is 14.2. The molecular formula is C16H20N2O4S. The number of hydrogen-bond donors (Lipinski definition) is 0.